The van der Waals surface area contributed by atoms with Gasteiger partial charge >= 0.3 is 5.97 Å². The smallest absolute Gasteiger partial charge is 0.320 e. The number of nitrogens with two attached hydrogens (primary N) is 1. The molecule has 0 spiro atoms. The Morgan fingerprint density at radius 2 is 1.89 bits per heavy atom. The van der Waals surface area contributed by atoms with Gasteiger partial charge in [0.15, 0.2) is 11.3 Å². The molecule has 8 nitrogen and oxygen atoms in total. The number of allylic oxidation sites excluding steroid dienone is 1. The zero-order chi connectivity index (χ0) is 25.6. The Morgan fingerprint density at radius 3 is 2.59 bits per heavy atom. The number of hydrogen-bond acceptors (Lipinski definition) is 5. The fraction of sp³-hybridized carbons (Fsp3) is 0.241. The Labute approximate surface area is 213 Å². The molecule has 37 heavy (non-hydrogen) atoms. The van der Waals surface area contributed by atoms with E-state index in [1.165, 1.54) is 0 Å². The van der Waals surface area contributed by atoms with Crippen LogP contribution in [0.25, 0.3) is 22.0 Å². The SMILES string of the molecule is N[C@@H](Cc1c[nH]c2ccc(-c3ccc(CC(=O)C4(c5cc(C6CC6)[nH]n5)C=CC=N4)cc3)cc12)C(=O)O. The third-order valence-corrected chi connectivity index (χ3v) is 7.31. The molecule has 4 aromatic rings. The van der Waals surface area contributed by atoms with Crippen LogP contribution in [0.5, 0.6) is 0 Å². The van der Waals surface area contributed by atoms with E-state index in [1.54, 1.807) is 12.3 Å². The van der Waals surface area contributed by atoms with Crippen LogP contribution in [-0.4, -0.2) is 44.3 Å². The van der Waals surface area contributed by atoms with Crippen LogP contribution in [-0.2, 0) is 28.0 Å². The normalized spacial score (nSPS) is 19.5. The van der Waals surface area contributed by atoms with Crippen molar-refractivity contribution in [3.05, 3.63) is 89.4 Å². The van der Waals surface area contributed by atoms with Crippen LogP contribution in [0.4, 0.5) is 0 Å². The Morgan fingerprint density at radius 1 is 1.11 bits per heavy atom. The van der Waals surface area contributed by atoms with E-state index in [0.29, 0.717) is 11.6 Å². The third kappa shape index (κ3) is 4.29. The molecule has 0 radical (unpaired) electrons. The number of aliphatic imine (C=N–C) groups is 1. The van der Waals surface area contributed by atoms with E-state index in [2.05, 4.69) is 20.2 Å². The summed E-state index contributed by atoms with van der Waals surface area (Å²) in [6.07, 6.45) is 9.91. The van der Waals surface area contributed by atoms with E-state index in [9.17, 15) is 14.7 Å². The third-order valence-electron chi connectivity index (χ3n) is 7.31. The van der Waals surface area contributed by atoms with Crippen LogP contribution in [0.2, 0.25) is 0 Å². The molecule has 2 aromatic carbocycles. The summed E-state index contributed by atoms with van der Waals surface area (Å²) >= 11 is 0. The number of carbonyl (C=O) groups is 2. The number of nitrogens with zero attached hydrogens (tertiary/aromatic N) is 2. The fourth-order valence-corrected chi connectivity index (χ4v) is 4.97. The van der Waals surface area contributed by atoms with Crippen LogP contribution < -0.4 is 5.73 Å². The van der Waals surface area contributed by atoms with E-state index in [-0.39, 0.29) is 18.6 Å². The number of Topliss-reactive ketones (excluding diaryl/α,β-unsaturated/α-hetero) is 1. The van der Waals surface area contributed by atoms with Crippen molar-refractivity contribution in [1.29, 1.82) is 0 Å². The monoisotopic (exact) mass is 493 g/mol. The molecule has 1 aliphatic carbocycles. The van der Waals surface area contributed by atoms with Gasteiger partial charge in [-0.3, -0.25) is 19.7 Å². The van der Waals surface area contributed by atoms with E-state index in [4.69, 9.17) is 5.73 Å². The molecular formula is C29H27N5O3. The van der Waals surface area contributed by atoms with Gasteiger partial charge in [0.05, 0.1) is 0 Å². The quantitative estimate of drug-likeness (QED) is 0.279. The summed E-state index contributed by atoms with van der Waals surface area (Å²) in [6, 6.07) is 15.0. The van der Waals surface area contributed by atoms with Gasteiger partial charge in [-0.25, -0.2) is 0 Å². The number of carboxylic acid groups (broad SMARTS) is 1. The average Bonchev–Trinajstić information content (AvgIpc) is 3.28. The van der Waals surface area contributed by atoms with E-state index in [0.717, 1.165) is 51.7 Å². The molecule has 8 heteroatoms. The second kappa shape index (κ2) is 8.97. The molecular weight excluding hydrogens is 466 g/mol. The van der Waals surface area contributed by atoms with Crippen LogP contribution in [0.1, 0.15) is 41.3 Å². The Kier molecular flexibility index (Phi) is 5.61. The number of aromatic nitrogens is 3. The number of rotatable bonds is 9. The topological polar surface area (TPSA) is 137 Å². The molecule has 1 aliphatic heterocycles. The number of aliphatic carboxylic acids is 1. The van der Waals surface area contributed by atoms with Gasteiger partial charge in [-0.05, 0) is 65.4 Å². The first-order valence-corrected chi connectivity index (χ1v) is 12.4. The lowest BCUT2D eigenvalue weighted by Crippen LogP contribution is -2.32. The second-order valence-corrected chi connectivity index (χ2v) is 9.91. The highest BCUT2D eigenvalue weighted by Gasteiger charge is 2.41. The molecule has 0 amide bonds. The van der Waals surface area contributed by atoms with Crippen molar-refractivity contribution >= 4 is 28.9 Å². The zero-order valence-electron chi connectivity index (χ0n) is 20.1. The van der Waals surface area contributed by atoms with Crippen molar-refractivity contribution in [3.63, 3.8) is 0 Å². The number of ketones is 1. The summed E-state index contributed by atoms with van der Waals surface area (Å²) < 4.78 is 0. The second-order valence-electron chi connectivity index (χ2n) is 9.91. The largest absolute Gasteiger partial charge is 0.480 e. The summed E-state index contributed by atoms with van der Waals surface area (Å²) in [6.45, 7) is 0. The van der Waals surface area contributed by atoms with Gasteiger partial charge in [0.2, 0.25) is 0 Å². The number of nitrogens with one attached hydrogen (secondary N) is 2. The van der Waals surface area contributed by atoms with E-state index < -0.39 is 17.6 Å². The highest BCUT2D eigenvalue weighted by Crippen LogP contribution is 2.41. The molecule has 3 heterocycles. The summed E-state index contributed by atoms with van der Waals surface area (Å²) in [5.41, 5.74) is 11.1. The lowest BCUT2D eigenvalue weighted by atomic mass is 9.87. The number of fused-ring (bicyclic) bond motifs is 1. The minimum atomic E-state index is -1.07. The number of aromatic amines is 2. The standard InChI is InChI=1S/C29H27N5O3/c30-23(28(36)37)14-21-16-31-24-9-8-20(13-22(21)24)18-4-2-17(3-5-18)12-27(35)29(10-1-11-32-29)26-15-25(33-34-26)19-6-7-19/h1-5,8-11,13,15-16,19,23,31H,6-7,12,14,30H2,(H,33,34)(H,36,37)/t23-,29?/m0/s1. The fourth-order valence-electron chi connectivity index (χ4n) is 4.97. The van der Waals surface area contributed by atoms with Gasteiger partial charge in [0.1, 0.15) is 11.7 Å². The Hall–Kier alpha value is -4.30. The van der Waals surface area contributed by atoms with Crippen molar-refractivity contribution in [2.45, 2.75) is 43.2 Å². The van der Waals surface area contributed by atoms with Gasteiger partial charge in [-0.1, -0.05) is 30.3 Å². The molecule has 2 atom stereocenters. The minimum absolute atomic E-state index is 0.0211. The van der Waals surface area contributed by atoms with Gasteiger partial charge in [0.25, 0.3) is 0 Å². The van der Waals surface area contributed by atoms with Gasteiger partial charge in [-0.2, -0.15) is 5.10 Å². The summed E-state index contributed by atoms with van der Waals surface area (Å²) in [4.78, 5) is 32.4. The van der Waals surface area contributed by atoms with Crippen molar-refractivity contribution in [2.24, 2.45) is 10.7 Å². The van der Waals surface area contributed by atoms with Crippen molar-refractivity contribution < 1.29 is 14.7 Å². The summed E-state index contributed by atoms with van der Waals surface area (Å²) in [7, 11) is 0. The number of hydrogen-bond donors (Lipinski definition) is 4. The van der Waals surface area contributed by atoms with Crippen molar-refractivity contribution in [2.75, 3.05) is 0 Å². The number of H-pyrrole nitrogens is 2. The van der Waals surface area contributed by atoms with Crippen LogP contribution in [0.3, 0.4) is 0 Å². The summed E-state index contributed by atoms with van der Waals surface area (Å²) in [5.74, 6) is -0.523. The Bertz CT molecular complexity index is 1540. The first-order valence-electron chi connectivity index (χ1n) is 12.4. The van der Waals surface area contributed by atoms with E-state index >= 15 is 0 Å². The van der Waals surface area contributed by atoms with Crippen LogP contribution in [0, 0.1) is 0 Å². The molecule has 0 saturated heterocycles. The summed E-state index contributed by atoms with van der Waals surface area (Å²) in [5, 5.41) is 17.7. The molecule has 1 unspecified atom stereocenters. The molecule has 1 saturated carbocycles. The van der Waals surface area contributed by atoms with Crippen LogP contribution >= 0.6 is 0 Å². The Balaban J connectivity index is 1.22. The molecule has 2 aliphatic rings. The first-order chi connectivity index (χ1) is 17.9. The molecule has 0 bridgehead atoms. The molecule has 2 aromatic heterocycles. The molecule has 6 rings (SSSR count). The van der Waals surface area contributed by atoms with Gasteiger partial charge in [-0.15, -0.1) is 0 Å². The van der Waals surface area contributed by atoms with Crippen LogP contribution in [0.15, 0.2) is 71.9 Å². The van der Waals surface area contributed by atoms with E-state index in [1.807, 2.05) is 60.8 Å². The lowest BCUT2D eigenvalue weighted by molar-refractivity contribution is -0.138. The van der Waals surface area contributed by atoms with Gasteiger partial charge in [0, 0.05) is 47.8 Å². The predicted octanol–water partition coefficient (Wildman–Crippen LogP) is 4.04. The zero-order valence-corrected chi connectivity index (χ0v) is 20.1. The predicted molar refractivity (Wildman–Crippen MR) is 142 cm³/mol. The number of carbonyl (C=O) groups excluding carboxylic acids is 1. The molecule has 186 valence electrons. The lowest BCUT2D eigenvalue weighted by Gasteiger charge is -2.20. The van der Waals surface area contributed by atoms with Crippen molar-refractivity contribution in [1.82, 2.24) is 15.2 Å². The molecule has 1 fully saturated rings. The average molecular weight is 494 g/mol. The first kappa shape index (κ1) is 23.1. The number of carboxylic acids is 1. The number of benzene rings is 2. The minimum Gasteiger partial charge on any atom is -0.480 e. The maximum atomic E-state index is 13.5. The highest BCUT2D eigenvalue weighted by molar-refractivity contribution is 5.98. The maximum Gasteiger partial charge on any atom is 0.320 e. The maximum absolute atomic E-state index is 13.5. The van der Waals surface area contributed by atoms with Crippen molar-refractivity contribution in [3.8, 4) is 11.1 Å². The highest BCUT2D eigenvalue weighted by atomic mass is 16.4. The molecule has 5 N–H and O–H groups in total. The van der Waals surface area contributed by atoms with Gasteiger partial charge < -0.3 is 15.8 Å².